The summed E-state index contributed by atoms with van der Waals surface area (Å²) in [6.45, 7) is 29.1. The number of aryl methyl sites for hydroxylation is 1. The summed E-state index contributed by atoms with van der Waals surface area (Å²) in [6, 6.07) is 8.82. The van der Waals surface area contributed by atoms with Gasteiger partial charge < -0.3 is 10.2 Å². The van der Waals surface area contributed by atoms with E-state index in [0.29, 0.717) is 17.3 Å². The number of thiol groups is 1. The molecule has 0 aromatic heterocycles. The van der Waals surface area contributed by atoms with Gasteiger partial charge in [-0.2, -0.15) is 12.6 Å². The maximum atomic E-state index is 11.0. The molecule has 0 aliphatic carbocycles. The minimum absolute atomic E-state index is 0.0308. The number of aromatic hydroxyl groups is 2. The van der Waals surface area contributed by atoms with E-state index >= 15 is 0 Å². The van der Waals surface area contributed by atoms with E-state index in [1.807, 2.05) is 0 Å². The molecule has 0 fully saturated rings. The molecule has 0 atom stereocenters. The Hall–Kier alpha value is -1.61. The zero-order valence-corrected chi connectivity index (χ0v) is 32.7. The Balaban J connectivity index is 0.000000472. The number of benzene rings is 2. The molecule has 3 heteroatoms. The van der Waals surface area contributed by atoms with Gasteiger partial charge in [0.1, 0.15) is 11.5 Å². The van der Waals surface area contributed by atoms with Gasteiger partial charge in [0.05, 0.1) is 0 Å². The molecule has 0 saturated carbocycles. The van der Waals surface area contributed by atoms with Crippen molar-refractivity contribution < 1.29 is 10.2 Å². The molecule has 0 saturated heterocycles. The fourth-order valence-corrected chi connectivity index (χ4v) is 6.26. The molecule has 0 bridgehead atoms. The van der Waals surface area contributed by atoms with E-state index in [2.05, 4.69) is 127 Å². The van der Waals surface area contributed by atoms with Crippen molar-refractivity contribution in [2.24, 2.45) is 0 Å². The lowest BCUT2D eigenvalue weighted by atomic mass is 9.73. The number of rotatable bonds is 15. The Bertz CT molecular complexity index is 1160. The largest absolute Gasteiger partial charge is 0.507 e. The van der Waals surface area contributed by atoms with E-state index in [-0.39, 0.29) is 21.7 Å². The monoisotopic (exact) mass is 641 g/mol. The van der Waals surface area contributed by atoms with Gasteiger partial charge in [-0.05, 0) is 76.9 Å². The Morgan fingerprint density at radius 2 is 0.867 bits per heavy atom. The number of phenols is 2. The summed E-state index contributed by atoms with van der Waals surface area (Å²) < 4.78 is 0. The first kappa shape index (κ1) is 41.4. The molecule has 0 aliphatic heterocycles. The minimum Gasteiger partial charge on any atom is -0.507 e. The maximum Gasteiger partial charge on any atom is 0.123 e. The topological polar surface area (TPSA) is 40.5 Å². The van der Waals surface area contributed by atoms with Crippen LogP contribution in [0, 0.1) is 0 Å². The Morgan fingerprint density at radius 1 is 0.511 bits per heavy atom. The van der Waals surface area contributed by atoms with Crippen molar-refractivity contribution in [3.05, 3.63) is 57.6 Å². The lowest BCUT2D eigenvalue weighted by Crippen LogP contribution is -2.22. The van der Waals surface area contributed by atoms with E-state index in [0.717, 1.165) is 54.4 Å². The van der Waals surface area contributed by atoms with Crippen LogP contribution in [0.15, 0.2) is 24.3 Å². The van der Waals surface area contributed by atoms with E-state index < -0.39 is 0 Å². The summed E-state index contributed by atoms with van der Waals surface area (Å²) in [6.07, 6.45) is 14.4. The van der Waals surface area contributed by atoms with E-state index in [1.54, 1.807) is 0 Å². The second-order valence-electron chi connectivity index (χ2n) is 16.1. The van der Waals surface area contributed by atoms with Crippen LogP contribution in [0.1, 0.15) is 194 Å². The lowest BCUT2D eigenvalue weighted by Gasteiger charge is -2.32. The summed E-state index contributed by atoms with van der Waals surface area (Å²) in [5.41, 5.74) is 7.26. The Kier molecular flexibility index (Phi) is 16.6. The Morgan fingerprint density at radius 3 is 1.22 bits per heavy atom. The first-order valence-corrected chi connectivity index (χ1v) is 18.9. The highest BCUT2D eigenvalue weighted by Crippen LogP contribution is 2.43. The number of phenolic OH excluding ortho intramolecular Hbond substituents is 2. The number of hydrogen-bond donors (Lipinski definition) is 3. The van der Waals surface area contributed by atoms with Gasteiger partial charge in [-0.15, -0.1) is 0 Å². The predicted octanol–water partition coefficient (Wildman–Crippen LogP) is 13.3. The summed E-state index contributed by atoms with van der Waals surface area (Å²) in [5.74, 6) is 1.58. The summed E-state index contributed by atoms with van der Waals surface area (Å²) in [5, 5.41) is 21.6. The minimum atomic E-state index is 0.0308. The normalized spacial score (nSPS) is 12.7. The van der Waals surface area contributed by atoms with Crippen LogP contribution in [0.3, 0.4) is 0 Å². The average Bonchev–Trinajstić information content (AvgIpc) is 2.99. The highest BCUT2D eigenvalue weighted by Gasteiger charge is 2.30. The summed E-state index contributed by atoms with van der Waals surface area (Å²) in [4.78, 5) is 0. The maximum absolute atomic E-state index is 11.0. The zero-order valence-electron chi connectivity index (χ0n) is 31.8. The molecule has 45 heavy (non-hydrogen) atoms. The third-order valence-electron chi connectivity index (χ3n) is 10.8. The molecule has 2 rings (SSSR count). The molecule has 2 aromatic carbocycles. The molecular weight excluding hydrogens is 569 g/mol. The van der Waals surface area contributed by atoms with Gasteiger partial charge in [0.15, 0.2) is 0 Å². The SMILES string of the molecule is CCC(C)(CC)c1cc(C(C)(C)C)cc(CS)c1O.CCCCCCCCCc1cc(C(C)(C)C)cc(C(C)(CC)CC)c1O. The van der Waals surface area contributed by atoms with Gasteiger partial charge in [-0.1, -0.05) is 153 Å². The van der Waals surface area contributed by atoms with Crippen molar-refractivity contribution in [2.75, 3.05) is 0 Å². The molecule has 0 spiro atoms. The van der Waals surface area contributed by atoms with Crippen LogP contribution in [0.5, 0.6) is 11.5 Å². The number of unbranched alkanes of at least 4 members (excludes halogenated alkanes) is 6. The van der Waals surface area contributed by atoms with Crippen LogP contribution >= 0.6 is 12.6 Å². The third-order valence-corrected chi connectivity index (χ3v) is 11.1. The molecule has 2 N–H and O–H groups in total. The smallest absolute Gasteiger partial charge is 0.123 e. The second kappa shape index (κ2) is 18.1. The van der Waals surface area contributed by atoms with Crippen LogP contribution in [-0.4, -0.2) is 10.2 Å². The predicted molar refractivity (Wildman–Crippen MR) is 204 cm³/mol. The standard InChI is InChI=1S/C25H44O.C17H28OS/c1-8-11-12-13-14-15-16-17-20-18-21(24(4,5)6)19-22(23(20)26)25(7,9-2)10-3;1-7-17(6,8-2)14-10-13(16(3,4)5)9-12(11-19)15(14)18/h18-19,26H,8-17H2,1-7H3;9-10,18-19H,7-8,11H2,1-6H3. The first-order valence-electron chi connectivity index (χ1n) is 18.2. The highest BCUT2D eigenvalue weighted by atomic mass is 32.1. The van der Waals surface area contributed by atoms with E-state index in [4.69, 9.17) is 0 Å². The van der Waals surface area contributed by atoms with Crippen LogP contribution in [0.25, 0.3) is 0 Å². The van der Waals surface area contributed by atoms with Crippen LogP contribution < -0.4 is 0 Å². The molecule has 0 aliphatic rings. The van der Waals surface area contributed by atoms with Crippen molar-refractivity contribution in [2.45, 2.75) is 194 Å². The zero-order chi connectivity index (χ0) is 34.6. The first-order chi connectivity index (χ1) is 20.9. The third kappa shape index (κ3) is 11.5. The van der Waals surface area contributed by atoms with Gasteiger partial charge in [-0.25, -0.2) is 0 Å². The van der Waals surface area contributed by atoms with Gasteiger partial charge >= 0.3 is 0 Å². The van der Waals surface area contributed by atoms with Gasteiger partial charge in [0.25, 0.3) is 0 Å². The van der Waals surface area contributed by atoms with Crippen molar-refractivity contribution >= 4 is 12.6 Å². The van der Waals surface area contributed by atoms with Crippen LogP contribution in [0.2, 0.25) is 0 Å². The molecule has 0 radical (unpaired) electrons. The van der Waals surface area contributed by atoms with E-state index in [9.17, 15) is 10.2 Å². The van der Waals surface area contributed by atoms with Crippen molar-refractivity contribution in [1.82, 2.24) is 0 Å². The molecular formula is C42H72O2S. The van der Waals surface area contributed by atoms with Gasteiger partial charge in [0, 0.05) is 22.4 Å². The van der Waals surface area contributed by atoms with Crippen molar-refractivity contribution in [1.29, 1.82) is 0 Å². The molecule has 0 amide bonds. The fraction of sp³-hybridized carbons (Fsp3) is 0.714. The van der Waals surface area contributed by atoms with Gasteiger partial charge in [0.2, 0.25) is 0 Å². The molecule has 2 aromatic rings. The highest BCUT2D eigenvalue weighted by molar-refractivity contribution is 7.79. The molecule has 258 valence electrons. The molecule has 0 heterocycles. The van der Waals surface area contributed by atoms with Crippen molar-refractivity contribution in [3.8, 4) is 11.5 Å². The summed E-state index contributed by atoms with van der Waals surface area (Å²) in [7, 11) is 0. The van der Waals surface area contributed by atoms with Gasteiger partial charge in [-0.3, -0.25) is 0 Å². The fourth-order valence-electron chi connectivity index (χ4n) is 6.02. The Labute approximate surface area is 285 Å². The van der Waals surface area contributed by atoms with Crippen molar-refractivity contribution in [3.63, 3.8) is 0 Å². The summed E-state index contributed by atoms with van der Waals surface area (Å²) >= 11 is 4.36. The number of hydrogen-bond acceptors (Lipinski definition) is 3. The van der Waals surface area contributed by atoms with Crippen LogP contribution in [0.4, 0.5) is 0 Å². The quantitative estimate of drug-likeness (QED) is 0.134. The van der Waals surface area contributed by atoms with E-state index in [1.165, 1.54) is 56.1 Å². The second-order valence-corrected chi connectivity index (χ2v) is 16.4. The average molecular weight is 641 g/mol. The molecule has 0 unspecified atom stereocenters. The lowest BCUT2D eigenvalue weighted by molar-refractivity contribution is 0.392. The molecule has 2 nitrogen and oxygen atoms in total. The van der Waals surface area contributed by atoms with Crippen LogP contribution in [-0.2, 0) is 33.8 Å².